The molecule has 1 atom stereocenters. The number of rotatable bonds is 3. The lowest BCUT2D eigenvalue weighted by atomic mass is 9.99. The van der Waals surface area contributed by atoms with Gasteiger partial charge in [0.2, 0.25) is 0 Å². The van der Waals surface area contributed by atoms with E-state index in [9.17, 15) is 4.39 Å². The highest BCUT2D eigenvalue weighted by atomic mass is 35.5. The number of aryl methyl sites for hydroxylation is 1. The molecule has 5 heteroatoms. The first-order chi connectivity index (χ1) is 10.2. The molecule has 112 valence electrons. The zero-order chi connectivity index (χ0) is 14.8. The highest BCUT2D eigenvalue weighted by molar-refractivity contribution is 6.31. The summed E-state index contributed by atoms with van der Waals surface area (Å²) in [5, 5.41) is 3.75. The second-order valence-electron chi connectivity index (χ2n) is 5.30. The molecule has 1 saturated heterocycles. The molecule has 1 N–H and O–H groups in total. The lowest BCUT2D eigenvalue weighted by molar-refractivity contribution is 0.177. The largest absolute Gasteiger partial charge is 0.467 e. The third kappa shape index (κ3) is 2.84. The van der Waals surface area contributed by atoms with Gasteiger partial charge in [-0.15, -0.1) is 0 Å². The molecule has 0 amide bonds. The van der Waals surface area contributed by atoms with Gasteiger partial charge in [-0.3, -0.25) is 4.90 Å². The fourth-order valence-electron chi connectivity index (χ4n) is 2.82. The second kappa shape index (κ2) is 6.18. The van der Waals surface area contributed by atoms with E-state index in [2.05, 4.69) is 10.2 Å². The predicted molar refractivity (Wildman–Crippen MR) is 81.1 cm³/mol. The number of piperazine rings is 1. The third-order valence-electron chi connectivity index (χ3n) is 3.92. The molecule has 0 saturated carbocycles. The van der Waals surface area contributed by atoms with E-state index in [-0.39, 0.29) is 11.9 Å². The van der Waals surface area contributed by atoms with Gasteiger partial charge in [-0.25, -0.2) is 4.39 Å². The average Bonchev–Trinajstić information content (AvgIpc) is 3.02. The Morgan fingerprint density at radius 3 is 2.71 bits per heavy atom. The fourth-order valence-corrected chi connectivity index (χ4v) is 3.07. The van der Waals surface area contributed by atoms with Crippen molar-refractivity contribution in [2.75, 3.05) is 26.2 Å². The topological polar surface area (TPSA) is 28.4 Å². The lowest BCUT2D eigenvalue weighted by Crippen LogP contribution is -2.45. The zero-order valence-electron chi connectivity index (χ0n) is 11.9. The zero-order valence-corrected chi connectivity index (χ0v) is 12.7. The number of halogens is 2. The van der Waals surface area contributed by atoms with Crippen LogP contribution < -0.4 is 5.32 Å². The molecule has 0 spiro atoms. The van der Waals surface area contributed by atoms with Gasteiger partial charge in [0.25, 0.3) is 0 Å². The number of benzene rings is 1. The van der Waals surface area contributed by atoms with Crippen LogP contribution >= 0.6 is 11.6 Å². The SMILES string of the molecule is Cc1ccc(Cl)c([C@@H](c2ccco2)N2CCNCC2)c1F. The lowest BCUT2D eigenvalue weighted by Gasteiger charge is -2.34. The first-order valence-corrected chi connectivity index (χ1v) is 7.49. The summed E-state index contributed by atoms with van der Waals surface area (Å²) in [7, 11) is 0. The van der Waals surface area contributed by atoms with Gasteiger partial charge in [0.15, 0.2) is 0 Å². The Morgan fingerprint density at radius 2 is 2.05 bits per heavy atom. The van der Waals surface area contributed by atoms with Crippen molar-refractivity contribution >= 4 is 11.6 Å². The van der Waals surface area contributed by atoms with E-state index in [1.807, 2.05) is 12.1 Å². The minimum Gasteiger partial charge on any atom is -0.467 e. The summed E-state index contributed by atoms with van der Waals surface area (Å²) < 4.78 is 20.3. The van der Waals surface area contributed by atoms with Crippen molar-refractivity contribution in [3.63, 3.8) is 0 Å². The molecule has 1 aliphatic heterocycles. The molecule has 3 nitrogen and oxygen atoms in total. The molecule has 0 bridgehead atoms. The van der Waals surface area contributed by atoms with Crippen molar-refractivity contribution in [1.29, 1.82) is 0 Å². The molecule has 2 aromatic rings. The highest BCUT2D eigenvalue weighted by Crippen LogP contribution is 2.36. The fraction of sp³-hybridized carbons (Fsp3) is 0.375. The average molecular weight is 309 g/mol. The Kier molecular flexibility index (Phi) is 4.29. The molecular formula is C16H18ClFN2O. The molecular weight excluding hydrogens is 291 g/mol. The Balaban J connectivity index is 2.09. The first-order valence-electron chi connectivity index (χ1n) is 7.11. The minimum absolute atomic E-state index is 0.248. The van der Waals surface area contributed by atoms with E-state index in [4.69, 9.17) is 16.0 Å². The number of furan rings is 1. The van der Waals surface area contributed by atoms with Gasteiger partial charge in [-0.2, -0.15) is 0 Å². The monoisotopic (exact) mass is 308 g/mol. The standard InChI is InChI=1S/C16H18ClFN2O/c1-11-4-5-12(17)14(15(11)18)16(13-3-2-10-21-13)20-8-6-19-7-9-20/h2-5,10,16,19H,6-9H2,1H3/t16-/m1/s1. The van der Waals surface area contributed by atoms with Crippen molar-refractivity contribution in [3.8, 4) is 0 Å². The van der Waals surface area contributed by atoms with Crippen LogP contribution in [0.4, 0.5) is 4.39 Å². The summed E-state index contributed by atoms with van der Waals surface area (Å²) in [5.74, 6) is 0.478. The van der Waals surface area contributed by atoms with E-state index in [1.54, 1.807) is 25.3 Å². The quantitative estimate of drug-likeness (QED) is 0.942. The molecule has 2 heterocycles. The molecule has 1 aliphatic rings. The van der Waals surface area contributed by atoms with Crippen molar-refractivity contribution in [2.24, 2.45) is 0 Å². The summed E-state index contributed by atoms with van der Waals surface area (Å²) in [4.78, 5) is 2.21. The molecule has 21 heavy (non-hydrogen) atoms. The van der Waals surface area contributed by atoms with Crippen LogP contribution in [0.25, 0.3) is 0 Å². The van der Waals surface area contributed by atoms with Crippen molar-refractivity contribution in [3.05, 3.63) is 58.3 Å². The van der Waals surface area contributed by atoms with Gasteiger partial charge in [-0.05, 0) is 30.7 Å². The van der Waals surface area contributed by atoms with Crippen LogP contribution in [0, 0.1) is 12.7 Å². The number of nitrogens with one attached hydrogen (secondary N) is 1. The van der Waals surface area contributed by atoms with E-state index < -0.39 is 0 Å². The summed E-state index contributed by atoms with van der Waals surface area (Å²) in [6.45, 7) is 5.17. The molecule has 0 unspecified atom stereocenters. The van der Waals surface area contributed by atoms with Crippen molar-refractivity contribution < 1.29 is 8.81 Å². The van der Waals surface area contributed by atoms with E-state index >= 15 is 0 Å². The van der Waals surface area contributed by atoms with E-state index in [0.29, 0.717) is 16.1 Å². The molecule has 0 aliphatic carbocycles. The van der Waals surface area contributed by atoms with Gasteiger partial charge in [0, 0.05) is 36.8 Å². The summed E-state index contributed by atoms with van der Waals surface area (Å²) >= 11 is 6.31. The third-order valence-corrected chi connectivity index (χ3v) is 4.25. The number of hydrogen-bond donors (Lipinski definition) is 1. The Hall–Kier alpha value is -1.36. The smallest absolute Gasteiger partial charge is 0.132 e. The Labute approximate surface area is 128 Å². The summed E-state index contributed by atoms with van der Waals surface area (Å²) in [6.07, 6.45) is 1.62. The van der Waals surface area contributed by atoms with E-state index in [1.165, 1.54) is 0 Å². The molecule has 3 rings (SSSR count). The summed E-state index contributed by atoms with van der Waals surface area (Å²) in [5.41, 5.74) is 1.11. The van der Waals surface area contributed by atoms with Crippen LogP contribution in [0.2, 0.25) is 5.02 Å². The molecule has 0 radical (unpaired) electrons. The van der Waals surface area contributed by atoms with Gasteiger partial charge >= 0.3 is 0 Å². The predicted octanol–water partition coefficient (Wildman–Crippen LogP) is 3.38. The second-order valence-corrected chi connectivity index (χ2v) is 5.70. The van der Waals surface area contributed by atoms with Crippen molar-refractivity contribution in [2.45, 2.75) is 13.0 Å². The van der Waals surface area contributed by atoms with Gasteiger partial charge in [0.1, 0.15) is 11.6 Å². The normalized spacial score (nSPS) is 17.9. The van der Waals surface area contributed by atoms with Gasteiger partial charge < -0.3 is 9.73 Å². The van der Waals surface area contributed by atoms with Gasteiger partial charge in [-0.1, -0.05) is 17.7 Å². The number of hydrogen-bond acceptors (Lipinski definition) is 3. The molecule has 1 aromatic heterocycles. The maximum Gasteiger partial charge on any atom is 0.132 e. The van der Waals surface area contributed by atoms with Crippen LogP contribution in [0.1, 0.15) is 22.9 Å². The molecule has 1 aromatic carbocycles. The first kappa shape index (κ1) is 14.6. The number of nitrogens with zero attached hydrogens (tertiary/aromatic N) is 1. The van der Waals surface area contributed by atoms with Crippen LogP contribution in [0.5, 0.6) is 0 Å². The maximum atomic E-state index is 14.7. The minimum atomic E-state index is -0.283. The Bertz CT molecular complexity index is 609. The Morgan fingerprint density at radius 1 is 1.29 bits per heavy atom. The van der Waals surface area contributed by atoms with E-state index in [0.717, 1.165) is 31.9 Å². The van der Waals surface area contributed by atoms with Crippen molar-refractivity contribution in [1.82, 2.24) is 10.2 Å². The molecule has 1 fully saturated rings. The highest BCUT2D eigenvalue weighted by Gasteiger charge is 2.30. The van der Waals surface area contributed by atoms with Crippen LogP contribution in [0.3, 0.4) is 0 Å². The summed E-state index contributed by atoms with van der Waals surface area (Å²) in [6, 6.07) is 6.89. The maximum absolute atomic E-state index is 14.7. The van der Waals surface area contributed by atoms with Crippen LogP contribution in [0.15, 0.2) is 34.9 Å². The van der Waals surface area contributed by atoms with Gasteiger partial charge in [0.05, 0.1) is 12.3 Å². The van der Waals surface area contributed by atoms with Crippen LogP contribution in [-0.2, 0) is 0 Å². The van der Waals surface area contributed by atoms with Crippen LogP contribution in [-0.4, -0.2) is 31.1 Å².